The van der Waals surface area contributed by atoms with Gasteiger partial charge in [0, 0.05) is 16.7 Å². The monoisotopic (exact) mass is 546 g/mol. The molecule has 0 aliphatic rings. The topological polar surface area (TPSA) is 103 Å². The van der Waals surface area contributed by atoms with E-state index < -0.39 is 35.2 Å². The van der Waals surface area contributed by atoms with E-state index in [-0.39, 0.29) is 5.60 Å². The number of methoxy groups -OCH3 is 1. The van der Waals surface area contributed by atoms with Crippen molar-refractivity contribution < 1.29 is 28.6 Å². The SMILES string of the molecule is COC(=O)C(NC(=O)c1ccc(C#CC#Cc2ccc(OC(C)(C)C)cc2)cc1)C(C)(C)NC(=O)OC(C)(C)C. The third-order valence-electron chi connectivity index (χ3n) is 5.16. The Morgan fingerprint density at radius 1 is 0.750 bits per heavy atom. The molecular weight excluding hydrogens is 508 g/mol. The van der Waals surface area contributed by atoms with Gasteiger partial charge in [0.15, 0.2) is 0 Å². The maximum Gasteiger partial charge on any atom is 0.408 e. The summed E-state index contributed by atoms with van der Waals surface area (Å²) in [6, 6.07) is 12.8. The van der Waals surface area contributed by atoms with Crippen molar-refractivity contribution in [2.45, 2.75) is 78.2 Å². The molecule has 0 fully saturated rings. The summed E-state index contributed by atoms with van der Waals surface area (Å²) in [7, 11) is 1.21. The highest BCUT2D eigenvalue weighted by atomic mass is 16.6. The van der Waals surface area contributed by atoms with E-state index in [0.717, 1.165) is 11.3 Å². The van der Waals surface area contributed by atoms with E-state index in [1.54, 1.807) is 58.9 Å². The Bertz CT molecular complexity index is 1320. The molecule has 0 saturated carbocycles. The molecule has 0 aliphatic carbocycles. The summed E-state index contributed by atoms with van der Waals surface area (Å²) in [6.45, 7) is 14.3. The molecule has 2 amide bonds. The molecule has 0 heterocycles. The number of rotatable bonds is 6. The molecule has 0 aliphatic heterocycles. The highest BCUT2D eigenvalue weighted by Crippen LogP contribution is 2.18. The Morgan fingerprint density at radius 2 is 1.25 bits per heavy atom. The number of esters is 1. The zero-order valence-electron chi connectivity index (χ0n) is 24.6. The predicted molar refractivity (Wildman–Crippen MR) is 154 cm³/mol. The molecule has 8 heteroatoms. The number of carbonyl (C=O) groups excluding carboxylic acids is 3. The summed E-state index contributed by atoms with van der Waals surface area (Å²) >= 11 is 0. The van der Waals surface area contributed by atoms with Crippen molar-refractivity contribution in [1.29, 1.82) is 0 Å². The molecule has 0 aromatic heterocycles. The van der Waals surface area contributed by atoms with Crippen LogP contribution in [0.4, 0.5) is 4.79 Å². The van der Waals surface area contributed by atoms with Gasteiger partial charge in [0.2, 0.25) is 0 Å². The van der Waals surface area contributed by atoms with Crippen LogP contribution in [-0.2, 0) is 14.3 Å². The lowest BCUT2D eigenvalue weighted by molar-refractivity contribution is -0.144. The molecule has 0 saturated heterocycles. The molecule has 2 rings (SSSR count). The van der Waals surface area contributed by atoms with Crippen molar-refractivity contribution in [3.05, 3.63) is 65.2 Å². The van der Waals surface area contributed by atoms with E-state index >= 15 is 0 Å². The van der Waals surface area contributed by atoms with Crippen LogP contribution >= 0.6 is 0 Å². The molecule has 0 bridgehead atoms. The number of ether oxygens (including phenoxy) is 3. The second-order valence-corrected chi connectivity index (χ2v) is 11.6. The lowest BCUT2D eigenvalue weighted by atomic mass is 9.94. The molecule has 40 heavy (non-hydrogen) atoms. The third kappa shape index (κ3) is 10.7. The zero-order chi connectivity index (χ0) is 30.1. The molecule has 1 atom stereocenters. The van der Waals surface area contributed by atoms with Gasteiger partial charge < -0.3 is 24.8 Å². The van der Waals surface area contributed by atoms with Gasteiger partial charge >= 0.3 is 12.1 Å². The van der Waals surface area contributed by atoms with Crippen LogP contribution in [-0.4, -0.2) is 47.9 Å². The van der Waals surface area contributed by atoms with Crippen molar-refractivity contribution in [1.82, 2.24) is 10.6 Å². The van der Waals surface area contributed by atoms with Gasteiger partial charge in [0.1, 0.15) is 23.0 Å². The standard InChI is InChI=1S/C32H38N2O6/c1-30(2,3)39-25-20-16-23(17-21-25)13-11-10-12-22-14-18-24(19-15-22)27(35)33-26(28(36)38-9)32(7,8)34-29(37)40-31(4,5)6/h14-21,26H,1-9H3,(H,33,35)(H,34,37). The van der Waals surface area contributed by atoms with Crippen molar-refractivity contribution in [3.8, 4) is 29.4 Å². The Hall–Kier alpha value is -4.43. The van der Waals surface area contributed by atoms with Crippen molar-refractivity contribution in [3.63, 3.8) is 0 Å². The fourth-order valence-electron chi connectivity index (χ4n) is 3.38. The number of hydrogen-bond donors (Lipinski definition) is 2. The molecule has 0 spiro atoms. The number of hydrogen-bond acceptors (Lipinski definition) is 6. The molecule has 2 aromatic carbocycles. The average Bonchev–Trinajstić information content (AvgIpc) is 2.83. The van der Waals surface area contributed by atoms with Crippen LogP contribution in [0.15, 0.2) is 48.5 Å². The van der Waals surface area contributed by atoms with Gasteiger partial charge in [-0.25, -0.2) is 9.59 Å². The maximum atomic E-state index is 12.9. The van der Waals surface area contributed by atoms with Crippen molar-refractivity contribution >= 4 is 18.0 Å². The van der Waals surface area contributed by atoms with E-state index in [1.165, 1.54) is 7.11 Å². The van der Waals surface area contributed by atoms with E-state index in [1.807, 2.05) is 45.0 Å². The normalized spacial score (nSPS) is 11.9. The highest BCUT2D eigenvalue weighted by molar-refractivity contribution is 5.97. The number of carbonyl (C=O) groups is 3. The first-order chi connectivity index (χ1) is 18.5. The van der Waals surface area contributed by atoms with E-state index in [4.69, 9.17) is 14.2 Å². The quantitative estimate of drug-likeness (QED) is 0.397. The molecule has 212 valence electrons. The molecule has 0 radical (unpaired) electrons. The number of amides is 2. The molecule has 1 unspecified atom stereocenters. The largest absolute Gasteiger partial charge is 0.488 e. The smallest absolute Gasteiger partial charge is 0.408 e. The van der Waals surface area contributed by atoms with Gasteiger partial charge in [-0.15, -0.1) is 0 Å². The van der Waals surface area contributed by atoms with E-state index in [9.17, 15) is 14.4 Å². The summed E-state index contributed by atoms with van der Waals surface area (Å²) in [6.07, 6.45) is -0.724. The molecule has 2 N–H and O–H groups in total. The highest BCUT2D eigenvalue weighted by Gasteiger charge is 2.39. The first-order valence-electron chi connectivity index (χ1n) is 12.8. The van der Waals surface area contributed by atoms with E-state index in [2.05, 4.69) is 34.3 Å². The Labute approximate surface area is 237 Å². The minimum atomic E-state index is -1.21. The Kier molecular flexibility index (Phi) is 10.4. The predicted octanol–water partition coefficient (Wildman–Crippen LogP) is 4.84. The summed E-state index contributed by atoms with van der Waals surface area (Å²) in [5, 5.41) is 5.28. The van der Waals surface area contributed by atoms with Gasteiger partial charge in [-0.3, -0.25) is 4.79 Å². The van der Waals surface area contributed by atoms with Crippen LogP contribution in [0, 0.1) is 23.7 Å². The molecule has 2 aromatic rings. The van der Waals surface area contributed by atoms with Crippen LogP contribution in [0.3, 0.4) is 0 Å². The second-order valence-electron chi connectivity index (χ2n) is 11.6. The zero-order valence-corrected chi connectivity index (χ0v) is 24.6. The van der Waals surface area contributed by atoms with Crippen LogP contribution in [0.1, 0.15) is 76.9 Å². The average molecular weight is 547 g/mol. The molecular formula is C32H38N2O6. The first-order valence-corrected chi connectivity index (χ1v) is 12.8. The van der Waals surface area contributed by atoms with Crippen LogP contribution in [0.25, 0.3) is 0 Å². The second kappa shape index (κ2) is 13.1. The fraction of sp³-hybridized carbons (Fsp3) is 0.406. The lowest BCUT2D eigenvalue weighted by Crippen LogP contribution is -2.62. The summed E-state index contributed by atoms with van der Waals surface area (Å²) < 4.78 is 16.0. The van der Waals surface area contributed by atoms with Crippen LogP contribution in [0.2, 0.25) is 0 Å². The van der Waals surface area contributed by atoms with Gasteiger partial charge in [-0.05, 0) is 116 Å². The van der Waals surface area contributed by atoms with Gasteiger partial charge in [0.05, 0.1) is 12.6 Å². The number of alkyl carbamates (subject to hydrolysis) is 1. The molecule has 8 nitrogen and oxygen atoms in total. The lowest BCUT2D eigenvalue weighted by Gasteiger charge is -2.34. The number of nitrogens with one attached hydrogen (secondary N) is 2. The fourth-order valence-corrected chi connectivity index (χ4v) is 3.38. The van der Waals surface area contributed by atoms with Gasteiger partial charge in [0.25, 0.3) is 5.91 Å². The van der Waals surface area contributed by atoms with Crippen LogP contribution in [0.5, 0.6) is 5.75 Å². The summed E-state index contributed by atoms with van der Waals surface area (Å²) in [5.41, 5.74) is -0.435. The Balaban J connectivity index is 2.07. The Morgan fingerprint density at radius 3 is 1.70 bits per heavy atom. The van der Waals surface area contributed by atoms with Crippen molar-refractivity contribution in [2.75, 3.05) is 7.11 Å². The van der Waals surface area contributed by atoms with E-state index in [0.29, 0.717) is 11.1 Å². The first kappa shape index (κ1) is 31.8. The van der Waals surface area contributed by atoms with Crippen molar-refractivity contribution in [2.24, 2.45) is 0 Å². The maximum absolute atomic E-state index is 12.9. The summed E-state index contributed by atoms with van der Waals surface area (Å²) in [5.74, 6) is 11.1. The minimum Gasteiger partial charge on any atom is -0.488 e. The minimum absolute atomic E-state index is 0.270. The third-order valence-corrected chi connectivity index (χ3v) is 5.16. The number of benzene rings is 2. The van der Waals surface area contributed by atoms with Gasteiger partial charge in [-0.1, -0.05) is 11.8 Å². The van der Waals surface area contributed by atoms with Crippen LogP contribution < -0.4 is 15.4 Å². The van der Waals surface area contributed by atoms with Gasteiger partial charge in [-0.2, -0.15) is 0 Å². The summed E-state index contributed by atoms with van der Waals surface area (Å²) in [4.78, 5) is 37.7.